The van der Waals surface area contributed by atoms with Gasteiger partial charge in [0.15, 0.2) is 0 Å². The Kier molecular flexibility index (Phi) is 2.28. The molecule has 0 radical (unpaired) electrons. The van der Waals surface area contributed by atoms with Crippen LogP contribution in [0.1, 0.15) is 5.56 Å². The molecule has 0 bridgehead atoms. The van der Waals surface area contributed by atoms with E-state index in [1.165, 1.54) is 7.05 Å². The van der Waals surface area contributed by atoms with Crippen LogP contribution in [0.2, 0.25) is 0 Å². The number of hydrogen-bond donors (Lipinski definition) is 2. The highest BCUT2D eigenvalue weighted by Crippen LogP contribution is 2.42. The number of nitrogen functional groups attached to an aromatic ring is 1. The van der Waals surface area contributed by atoms with Crippen molar-refractivity contribution in [2.75, 3.05) is 25.1 Å². The van der Waals surface area contributed by atoms with Crippen molar-refractivity contribution >= 4 is 15.7 Å². The number of benzene rings is 1. The number of nitrogens with zero attached hydrogens (tertiary/aromatic N) is 1. The van der Waals surface area contributed by atoms with Crippen LogP contribution in [-0.4, -0.2) is 32.1 Å². The molecule has 2 aliphatic heterocycles. The lowest BCUT2D eigenvalue weighted by Crippen LogP contribution is -2.58. The number of fused-ring (bicyclic) bond motifs is 2. The predicted octanol–water partition coefficient (Wildman–Crippen LogP) is 0.193. The molecule has 0 amide bonds. The molecule has 0 saturated carbocycles. The number of hydrogen-bond acceptors (Lipinski definition) is 5. The second kappa shape index (κ2) is 3.57. The first kappa shape index (κ1) is 12.2. The summed E-state index contributed by atoms with van der Waals surface area (Å²) in [6.07, 6.45) is 0. The SMILES string of the molecule is C=C1N[C@@]2(COc3ccc(N)cc32)CS(=O)(=O)N1C. The maximum atomic E-state index is 12.2. The van der Waals surface area contributed by atoms with E-state index in [0.29, 0.717) is 17.3 Å². The van der Waals surface area contributed by atoms with Crippen molar-refractivity contribution in [3.8, 4) is 5.75 Å². The van der Waals surface area contributed by atoms with Gasteiger partial charge in [0.05, 0.1) is 0 Å². The Labute approximate surface area is 111 Å². The molecule has 1 atom stereocenters. The van der Waals surface area contributed by atoms with Gasteiger partial charge in [-0.1, -0.05) is 6.58 Å². The third-order valence-electron chi connectivity index (χ3n) is 3.60. The fraction of sp³-hybridized carbons (Fsp3) is 0.333. The number of rotatable bonds is 0. The van der Waals surface area contributed by atoms with Crippen LogP contribution in [0.3, 0.4) is 0 Å². The summed E-state index contributed by atoms with van der Waals surface area (Å²) in [6.45, 7) is 4.00. The highest BCUT2D eigenvalue weighted by molar-refractivity contribution is 7.89. The molecular formula is C12H15N3O3S. The highest BCUT2D eigenvalue weighted by atomic mass is 32.2. The molecule has 3 rings (SSSR count). The van der Waals surface area contributed by atoms with E-state index in [4.69, 9.17) is 10.5 Å². The molecule has 0 aromatic heterocycles. The second-order valence-electron chi connectivity index (χ2n) is 4.92. The Morgan fingerprint density at radius 1 is 1.53 bits per heavy atom. The quantitative estimate of drug-likeness (QED) is 0.663. The first-order chi connectivity index (χ1) is 8.84. The summed E-state index contributed by atoms with van der Waals surface area (Å²) in [7, 11) is -1.93. The van der Waals surface area contributed by atoms with Gasteiger partial charge < -0.3 is 15.8 Å². The van der Waals surface area contributed by atoms with Crippen molar-refractivity contribution in [3.05, 3.63) is 36.2 Å². The van der Waals surface area contributed by atoms with Crippen molar-refractivity contribution in [2.45, 2.75) is 5.54 Å². The average molecular weight is 281 g/mol. The average Bonchev–Trinajstić information content (AvgIpc) is 2.64. The van der Waals surface area contributed by atoms with Crippen LogP contribution in [0.25, 0.3) is 0 Å². The Bertz CT molecular complexity index is 671. The summed E-state index contributed by atoms with van der Waals surface area (Å²) < 4.78 is 31.1. The third-order valence-corrected chi connectivity index (χ3v) is 5.52. The van der Waals surface area contributed by atoms with Crippen LogP contribution in [-0.2, 0) is 15.6 Å². The molecule has 0 aliphatic carbocycles. The molecule has 7 heteroatoms. The zero-order chi connectivity index (χ0) is 13.8. The van der Waals surface area contributed by atoms with E-state index in [1.807, 2.05) is 0 Å². The van der Waals surface area contributed by atoms with E-state index in [9.17, 15) is 8.42 Å². The van der Waals surface area contributed by atoms with Gasteiger partial charge in [0, 0.05) is 18.3 Å². The van der Waals surface area contributed by atoms with Crippen LogP contribution in [0.5, 0.6) is 5.75 Å². The Morgan fingerprint density at radius 3 is 2.95 bits per heavy atom. The molecule has 1 aromatic rings. The van der Waals surface area contributed by atoms with E-state index in [1.54, 1.807) is 18.2 Å². The third kappa shape index (κ3) is 1.65. The van der Waals surface area contributed by atoms with Crippen LogP contribution in [0.15, 0.2) is 30.6 Å². The largest absolute Gasteiger partial charge is 0.490 e. The van der Waals surface area contributed by atoms with E-state index in [2.05, 4.69) is 11.9 Å². The second-order valence-corrected chi connectivity index (χ2v) is 6.92. The van der Waals surface area contributed by atoms with Gasteiger partial charge >= 0.3 is 0 Å². The smallest absolute Gasteiger partial charge is 0.238 e. The molecule has 1 saturated heterocycles. The molecule has 0 unspecified atom stereocenters. The van der Waals surface area contributed by atoms with Crippen molar-refractivity contribution in [1.29, 1.82) is 0 Å². The normalized spacial score (nSPS) is 27.8. The minimum Gasteiger partial charge on any atom is -0.490 e. The van der Waals surface area contributed by atoms with Crippen LogP contribution in [0.4, 0.5) is 5.69 Å². The molecule has 2 heterocycles. The first-order valence-electron chi connectivity index (χ1n) is 5.81. The first-order valence-corrected chi connectivity index (χ1v) is 7.41. The van der Waals surface area contributed by atoms with Gasteiger partial charge in [-0.25, -0.2) is 8.42 Å². The Hall–Kier alpha value is -1.89. The summed E-state index contributed by atoms with van der Waals surface area (Å²) in [6, 6.07) is 5.24. The number of nitrogens with two attached hydrogens (primary N) is 1. The van der Waals surface area contributed by atoms with Crippen molar-refractivity contribution in [3.63, 3.8) is 0 Å². The Morgan fingerprint density at radius 2 is 2.26 bits per heavy atom. The van der Waals surface area contributed by atoms with E-state index in [-0.39, 0.29) is 12.4 Å². The number of nitrogens with one attached hydrogen (secondary N) is 1. The summed E-state index contributed by atoms with van der Waals surface area (Å²) in [5.74, 6) is 0.922. The predicted molar refractivity (Wildman–Crippen MR) is 71.9 cm³/mol. The van der Waals surface area contributed by atoms with E-state index in [0.717, 1.165) is 9.87 Å². The molecule has 1 spiro atoms. The lowest BCUT2D eigenvalue weighted by atomic mass is 9.93. The molecule has 1 aromatic carbocycles. The van der Waals surface area contributed by atoms with Gasteiger partial charge in [0.1, 0.15) is 29.5 Å². The fourth-order valence-corrected chi connectivity index (χ4v) is 4.02. The highest BCUT2D eigenvalue weighted by Gasteiger charge is 2.49. The zero-order valence-electron chi connectivity index (χ0n) is 10.5. The molecule has 19 heavy (non-hydrogen) atoms. The van der Waals surface area contributed by atoms with Gasteiger partial charge in [-0.2, -0.15) is 0 Å². The molecular weight excluding hydrogens is 266 g/mol. The molecule has 6 nitrogen and oxygen atoms in total. The minimum atomic E-state index is -3.41. The van der Waals surface area contributed by atoms with Crippen LogP contribution >= 0.6 is 0 Å². The van der Waals surface area contributed by atoms with Gasteiger partial charge in [0.2, 0.25) is 10.0 Å². The standard InChI is InChI=1S/C12H15N3O3S/c1-8-14-12(7-19(16,17)15(8)2)6-18-11-4-3-9(13)5-10(11)12/h3-5,14H,1,6-7,13H2,2H3/t12-/m0/s1. The molecule has 1 fully saturated rings. The summed E-state index contributed by atoms with van der Waals surface area (Å²) in [5.41, 5.74) is 6.33. The van der Waals surface area contributed by atoms with Crippen LogP contribution < -0.4 is 15.8 Å². The number of ether oxygens (including phenoxy) is 1. The number of sulfonamides is 1. The summed E-state index contributed by atoms with van der Waals surface area (Å²) >= 11 is 0. The van der Waals surface area contributed by atoms with Crippen molar-refractivity contribution < 1.29 is 13.2 Å². The fourth-order valence-electron chi connectivity index (χ4n) is 2.52. The van der Waals surface area contributed by atoms with E-state index >= 15 is 0 Å². The lowest BCUT2D eigenvalue weighted by molar-refractivity contribution is 0.237. The van der Waals surface area contributed by atoms with Crippen molar-refractivity contribution in [2.24, 2.45) is 0 Å². The summed E-state index contributed by atoms with van der Waals surface area (Å²) in [5, 5.41) is 3.15. The molecule has 102 valence electrons. The van der Waals surface area contributed by atoms with Gasteiger partial charge in [-0.3, -0.25) is 4.31 Å². The number of anilines is 1. The Balaban J connectivity index is 2.13. The lowest BCUT2D eigenvalue weighted by Gasteiger charge is -2.40. The van der Waals surface area contributed by atoms with Crippen LogP contribution in [0, 0.1) is 0 Å². The molecule has 2 aliphatic rings. The van der Waals surface area contributed by atoms with Crippen molar-refractivity contribution in [1.82, 2.24) is 9.62 Å². The summed E-state index contributed by atoms with van der Waals surface area (Å²) in [4.78, 5) is 0. The van der Waals surface area contributed by atoms with E-state index < -0.39 is 15.6 Å². The monoisotopic (exact) mass is 281 g/mol. The van der Waals surface area contributed by atoms with Gasteiger partial charge in [-0.15, -0.1) is 0 Å². The zero-order valence-corrected chi connectivity index (χ0v) is 11.3. The maximum absolute atomic E-state index is 12.2. The topological polar surface area (TPSA) is 84.7 Å². The van der Waals surface area contributed by atoms with Gasteiger partial charge in [0.25, 0.3) is 0 Å². The van der Waals surface area contributed by atoms with Gasteiger partial charge in [-0.05, 0) is 18.2 Å². The maximum Gasteiger partial charge on any atom is 0.238 e. The minimum absolute atomic E-state index is 0.0774. The molecule has 3 N–H and O–H groups in total.